The molecule has 2 N–H and O–H groups in total. The lowest BCUT2D eigenvalue weighted by Gasteiger charge is -2.33. The number of anilines is 1. The summed E-state index contributed by atoms with van der Waals surface area (Å²) in [4.78, 5) is 18.7. The number of pyridine rings is 1. The average Bonchev–Trinajstić information content (AvgIpc) is 2.92. The normalized spacial score (nSPS) is 15.9. The van der Waals surface area contributed by atoms with Gasteiger partial charge in [0.1, 0.15) is 17.5 Å². The van der Waals surface area contributed by atoms with Gasteiger partial charge in [-0.2, -0.15) is 0 Å². The first-order valence-electron chi connectivity index (χ1n) is 13.8. The van der Waals surface area contributed by atoms with E-state index in [4.69, 9.17) is 9.47 Å². The Bertz CT molecular complexity index is 1440. The molecule has 1 unspecified atom stereocenters. The van der Waals surface area contributed by atoms with Crippen LogP contribution in [0.1, 0.15) is 69.8 Å². The number of ether oxygens (including phenoxy) is 2. The van der Waals surface area contributed by atoms with Crippen molar-refractivity contribution in [3.63, 3.8) is 0 Å². The van der Waals surface area contributed by atoms with Gasteiger partial charge in [-0.1, -0.05) is 32.0 Å². The van der Waals surface area contributed by atoms with Gasteiger partial charge < -0.3 is 19.5 Å². The van der Waals surface area contributed by atoms with E-state index in [-0.39, 0.29) is 24.1 Å². The van der Waals surface area contributed by atoms with Gasteiger partial charge in [0.15, 0.2) is 0 Å². The Hall–Kier alpha value is -3.63. The Labute approximate surface area is 242 Å². The second-order valence-corrected chi connectivity index (χ2v) is 13.3. The van der Waals surface area contributed by atoms with Crippen molar-refractivity contribution in [2.75, 3.05) is 17.8 Å². The third-order valence-electron chi connectivity index (χ3n) is 6.74. The molecule has 220 valence electrons. The molecule has 0 bridgehead atoms. The number of aliphatic hydroxyl groups excluding tert-OH is 1. The van der Waals surface area contributed by atoms with Crippen LogP contribution in [0, 0.1) is 0 Å². The fourth-order valence-electron chi connectivity index (χ4n) is 4.55. The third-order valence-corrected chi connectivity index (χ3v) is 8.12. The second kappa shape index (κ2) is 12.5. The van der Waals surface area contributed by atoms with Crippen molar-refractivity contribution in [3.8, 4) is 5.75 Å². The van der Waals surface area contributed by atoms with Crippen LogP contribution in [0.15, 0.2) is 71.9 Å². The van der Waals surface area contributed by atoms with Crippen LogP contribution in [0.25, 0.3) is 0 Å². The number of carbonyl (C=O) groups excluding carboxylic acids is 1. The minimum Gasteiger partial charge on any atom is -0.488 e. The molecule has 4 rings (SSSR count). The van der Waals surface area contributed by atoms with Crippen molar-refractivity contribution >= 4 is 21.8 Å². The number of nitrogens with one attached hydrogen (secondary N) is 1. The van der Waals surface area contributed by atoms with E-state index in [9.17, 15) is 18.3 Å². The van der Waals surface area contributed by atoms with E-state index in [0.717, 1.165) is 11.1 Å². The van der Waals surface area contributed by atoms with Gasteiger partial charge >= 0.3 is 6.09 Å². The molecule has 1 aliphatic rings. The summed E-state index contributed by atoms with van der Waals surface area (Å²) in [6.45, 7) is 9.73. The zero-order valence-electron chi connectivity index (χ0n) is 24.2. The van der Waals surface area contributed by atoms with Crippen molar-refractivity contribution in [2.45, 2.75) is 76.1 Å². The molecule has 2 aromatic carbocycles. The lowest BCUT2D eigenvalue weighted by atomic mass is 10.0. The number of aromatic nitrogens is 1. The summed E-state index contributed by atoms with van der Waals surface area (Å²) in [5.41, 5.74) is 2.29. The van der Waals surface area contributed by atoms with Crippen molar-refractivity contribution in [3.05, 3.63) is 83.7 Å². The Morgan fingerprint density at radius 3 is 2.51 bits per heavy atom. The summed E-state index contributed by atoms with van der Waals surface area (Å²) in [7, 11) is -3.79. The van der Waals surface area contributed by atoms with Crippen LogP contribution in [-0.2, 0) is 21.2 Å². The Kier molecular flexibility index (Phi) is 9.24. The first-order valence-corrected chi connectivity index (χ1v) is 15.3. The maximum absolute atomic E-state index is 13.1. The molecule has 1 aliphatic heterocycles. The minimum absolute atomic E-state index is 0.00826. The molecule has 3 aromatic rings. The third kappa shape index (κ3) is 8.20. The lowest BCUT2D eigenvalue weighted by Crippen LogP contribution is -2.45. The minimum atomic E-state index is -3.79. The van der Waals surface area contributed by atoms with E-state index in [1.54, 1.807) is 69.6 Å². The molecule has 0 radical (unpaired) electrons. The summed E-state index contributed by atoms with van der Waals surface area (Å²) in [5, 5.41) is 10.8. The smallest absolute Gasteiger partial charge is 0.410 e. The number of aliphatic hydroxyl groups is 1. The quantitative estimate of drug-likeness (QED) is 0.334. The topological polar surface area (TPSA) is 118 Å². The van der Waals surface area contributed by atoms with Crippen molar-refractivity contribution in [1.82, 2.24) is 9.88 Å². The van der Waals surface area contributed by atoms with Crippen LogP contribution in [0.3, 0.4) is 0 Å². The fraction of sp³-hybridized carbons (Fsp3) is 0.419. The molecule has 9 nitrogen and oxygen atoms in total. The van der Waals surface area contributed by atoms with Gasteiger partial charge in [0.25, 0.3) is 10.0 Å². The molecule has 0 saturated heterocycles. The Morgan fingerprint density at radius 2 is 1.88 bits per heavy atom. The molecule has 0 saturated carbocycles. The number of aryl methyl sites for hydroxylation is 1. The summed E-state index contributed by atoms with van der Waals surface area (Å²) in [6, 6.07) is 15.6. The number of rotatable bonds is 9. The summed E-state index contributed by atoms with van der Waals surface area (Å²) < 4.78 is 40.6. The van der Waals surface area contributed by atoms with E-state index >= 15 is 0 Å². The van der Waals surface area contributed by atoms with Crippen LogP contribution in [-0.4, -0.2) is 54.3 Å². The summed E-state index contributed by atoms with van der Waals surface area (Å²) >= 11 is 0. The standard InChI is InChI=1S/C31H39N3O6S/c1-21(2)22-8-11-25(12-9-22)33-41(37,38)27-14-15-29-23(17-27)10-13-26(39-29)19-34(30(36)40-31(3,4)5)20-28(35)24-7-6-16-32-18-24/h6-9,11-12,14-18,21,26,28,33,35H,10,13,19-20H2,1-5H3/t26?,28-/m0/s1. The Morgan fingerprint density at radius 1 is 1.15 bits per heavy atom. The molecular weight excluding hydrogens is 542 g/mol. The predicted molar refractivity (Wildman–Crippen MR) is 158 cm³/mol. The van der Waals surface area contributed by atoms with Gasteiger partial charge in [0.05, 0.1) is 24.1 Å². The zero-order chi connectivity index (χ0) is 29.8. The number of hydrogen-bond acceptors (Lipinski definition) is 7. The monoisotopic (exact) mass is 581 g/mol. The number of sulfonamides is 1. The molecule has 1 amide bonds. The molecule has 0 fully saturated rings. The van der Waals surface area contributed by atoms with Crippen LogP contribution in [0.5, 0.6) is 5.75 Å². The highest BCUT2D eigenvalue weighted by Gasteiger charge is 2.30. The molecule has 2 atom stereocenters. The highest BCUT2D eigenvalue weighted by Crippen LogP contribution is 2.31. The molecule has 0 spiro atoms. The molecule has 41 heavy (non-hydrogen) atoms. The van der Waals surface area contributed by atoms with E-state index in [2.05, 4.69) is 23.6 Å². The van der Waals surface area contributed by atoms with Crippen LogP contribution in [0.4, 0.5) is 10.5 Å². The molecule has 2 heterocycles. The number of nitrogens with zero attached hydrogens (tertiary/aromatic N) is 2. The predicted octanol–water partition coefficient (Wildman–Crippen LogP) is 5.67. The SMILES string of the molecule is CC(C)c1ccc(NS(=O)(=O)c2ccc3c(c2)CCC(CN(C[C@H](O)c2cccnc2)C(=O)OC(C)(C)C)O3)cc1. The lowest BCUT2D eigenvalue weighted by molar-refractivity contribution is 0.00364. The van der Waals surface area contributed by atoms with Gasteiger partial charge in [0.2, 0.25) is 0 Å². The fourth-order valence-corrected chi connectivity index (χ4v) is 5.66. The van der Waals surface area contributed by atoms with Crippen molar-refractivity contribution < 1.29 is 27.8 Å². The van der Waals surface area contributed by atoms with E-state index < -0.39 is 27.8 Å². The van der Waals surface area contributed by atoms with Gasteiger partial charge in [-0.15, -0.1) is 0 Å². The number of amides is 1. The van der Waals surface area contributed by atoms with Gasteiger partial charge in [-0.3, -0.25) is 9.71 Å². The van der Waals surface area contributed by atoms with Gasteiger partial charge in [-0.05, 0) is 87.1 Å². The zero-order valence-corrected chi connectivity index (χ0v) is 25.0. The maximum Gasteiger partial charge on any atom is 0.410 e. The average molecular weight is 582 g/mol. The van der Waals surface area contributed by atoms with Gasteiger partial charge in [-0.25, -0.2) is 13.2 Å². The van der Waals surface area contributed by atoms with Gasteiger partial charge in [0, 0.05) is 23.6 Å². The highest BCUT2D eigenvalue weighted by atomic mass is 32.2. The number of benzene rings is 2. The molecule has 1 aromatic heterocycles. The number of carbonyl (C=O) groups is 1. The first-order chi connectivity index (χ1) is 19.3. The largest absolute Gasteiger partial charge is 0.488 e. The molecular formula is C31H39N3O6S. The van der Waals surface area contributed by atoms with Crippen LogP contribution >= 0.6 is 0 Å². The van der Waals surface area contributed by atoms with Crippen molar-refractivity contribution in [2.24, 2.45) is 0 Å². The van der Waals surface area contributed by atoms with E-state index in [0.29, 0.717) is 35.8 Å². The molecule has 0 aliphatic carbocycles. The highest BCUT2D eigenvalue weighted by molar-refractivity contribution is 7.92. The number of hydrogen-bond donors (Lipinski definition) is 2. The second-order valence-electron chi connectivity index (χ2n) is 11.6. The number of fused-ring (bicyclic) bond motifs is 1. The molecule has 10 heteroatoms. The van der Waals surface area contributed by atoms with Crippen molar-refractivity contribution in [1.29, 1.82) is 0 Å². The van der Waals surface area contributed by atoms with Crippen LogP contribution in [0.2, 0.25) is 0 Å². The van der Waals surface area contributed by atoms with Crippen LogP contribution < -0.4 is 9.46 Å². The summed E-state index contributed by atoms with van der Waals surface area (Å²) in [5.74, 6) is 0.922. The summed E-state index contributed by atoms with van der Waals surface area (Å²) in [6.07, 6.45) is 2.44. The van der Waals surface area contributed by atoms with E-state index in [1.807, 2.05) is 12.1 Å². The first kappa shape index (κ1) is 30.3. The Balaban J connectivity index is 1.45. The van der Waals surface area contributed by atoms with E-state index in [1.165, 1.54) is 11.0 Å². The maximum atomic E-state index is 13.1.